The molecule has 0 unspecified atom stereocenters. The zero-order chi connectivity index (χ0) is 9.84. The molecule has 72 valence electrons. The summed E-state index contributed by atoms with van der Waals surface area (Å²) in [5.41, 5.74) is 0.443. The third-order valence-corrected chi connectivity index (χ3v) is 2.75. The Morgan fingerprint density at radius 1 is 1.31 bits per heavy atom. The van der Waals surface area contributed by atoms with Gasteiger partial charge in [-0.3, -0.25) is 0 Å². The molecule has 0 aliphatic rings. The molecule has 1 aromatic rings. The average molecular weight is 202 g/mol. The Labute approximate surface area is 81.3 Å². The van der Waals surface area contributed by atoms with Gasteiger partial charge in [-0.15, -0.1) is 0 Å². The molecule has 0 heterocycles. The summed E-state index contributed by atoms with van der Waals surface area (Å²) in [4.78, 5) is 0. The minimum Gasteiger partial charge on any atom is -0.204 e. The van der Waals surface area contributed by atoms with E-state index in [2.05, 4.69) is 0 Å². The molecule has 0 aliphatic heterocycles. The smallest absolute Gasteiger partial charge is 0.162 e. The van der Waals surface area contributed by atoms with Gasteiger partial charge in [-0.05, 0) is 11.3 Å². The molecule has 0 amide bonds. The summed E-state index contributed by atoms with van der Waals surface area (Å²) in [6, 6.07) is 4.29. The van der Waals surface area contributed by atoms with Gasteiger partial charge in [-0.1, -0.05) is 26.0 Å². The quantitative estimate of drug-likeness (QED) is 0.721. The summed E-state index contributed by atoms with van der Waals surface area (Å²) < 4.78 is 25.8. The second kappa shape index (κ2) is 4.61. The lowest BCUT2D eigenvalue weighted by Crippen LogP contribution is -1.94. The molecule has 0 aromatic heterocycles. The third-order valence-electron chi connectivity index (χ3n) is 1.60. The highest BCUT2D eigenvalue weighted by molar-refractivity contribution is 7.99. The zero-order valence-corrected chi connectivity index (χ0v) is 8.50. The Kier molecular flexibility index (Phi) is 3.72. The first kappa shape index (κ1) is 10.5. The lowest BCUT2D eigenvalue weighted by atomic mass is 10.2. The van der Waals surface area contributed by atoms with Crippen LogP contribution >= 0.6 is 11.8 Å². The first-order valence-electron chi connectivity index (χ1n) is 4.15. The molecule has 1 aromatic carbocycles. The van der Waals surface area contributed by atoms with Crippen LogP contribution in [0.15, 0.2) is 18.2 Å². The SMILES string of the molecule is CC(C)SCc1cccc(F)c1F. The van der Waals surface area contributed by atoms with E-state index in [0.29, 0.717) is 16.6 Å². The Morgan fingerprint density at radius 2 is 2.00 bits per heavy atom. The predicted molar refractivity (Wildman–Crippen MR) is 52.8 cm³/mol. The van der Waals surface area contributed by atoms with E-state index in [1.807, 2.05) is 13.8 Å². The molecule has 13 heavy (non-hydrogen) atoms. The van der Waals surface area contributed by atoms with Crippen LogP contribution in [0.3, 0.4) is 0 Å². The molecule has 0 bridgehead atoms. The lowest BCUT2D eigenvalue weighted by molar-refractivity contribution is 0.502. The maximum atomic E-state index is 13.1. The van der Waals surface area contributed by atoms with Crippen LogP contribution in [0.1, 0.15) is 19.4 Å². The molecular formula is C10H12F2S. The van der Waals surface area contributed by atoms with Gasteiger partial charge >= 0.3 is 0 Å². The Hall–Kier alpha value is -0.570. The molecule has 3 heteroatoms. The molecule has 0 radical (unpaired) electrons. The van der Waals surface area contributed by atoms with E-state index in [9.17, 15) is 8.78 Å². The monoisotopic (exact) mass is 202 g/mol. The molecule has 0 saturated carbocycles. The van der Waals surface area contributed by atoms with Gasteiger partial charge in [0.2, 0.25) is 0 Å². The minimum absolute atomic E-state index is 0.433. The number of benzene rings is 1. The Bertz CT molecular complexity index is 284. The highest BCUT2D eigenvalue weighted by Gasteiger charge is 2.07. The maximum absolute atomic E-state index is 13.1. The molecule has 1 rings (SSSR count). The van der Waals surface area contributed by atoms with Gasteiger partial charge in [-0.2, -0.15) is 11.8 Å². The summed E-state index contributed by atoms with van der Waals surface area (Å²) in [6.07, 6.45) is 0. The first-order valence-corrected chi connectivity index (χ1v) is 5.20. The standard InChI is InChI=1S/C10H12F2S/c1-7(2)13-6-8-4-3-5-9(11)10(8)12/h3-5,7H,6H2,1-2H3. The van der Waals surface area contributed by atoms with Crippen molar-refractivity contribution in [3.63, 3.8) is 0 Å². The highest BCUT2D eigenvalue weighted by Crippen LogP contribution is 2.20. The molecule has 0 aliphatic carbocycles. The summed E-state index contributed by atoms with van der Waals surface area (Å²) >= 11 is 1.60. The molecule has 0 saturated heterocycles. The Morgan fingerprint density at radius 3 is 2.62 bits per heavy atom. The third kappa shape index (κ3) is 2.99. The van der Waals surface area contributed by atoms with Gasteiger partial charge in [0.25, 0.3) is 0 Å². The normalized spacial score (nSPS) is 10.8. The summed E-state index contributed by atoms with van der Waals surface area (Å²) in [5, 5.41) is 0.433. The van der Waals surface area contributed by atoms with Gasteiger partial charge in [0, 0.05) is 11.3 Å². The topological polar surface area (TPSA) is 0 Å². The van der Waals surface area contributed by atoms with E-state index >= 15 is 0 Å². The van der Waals surface area contributed by atoms with Crippen molar-refractivity contribution in [2.75, 3.05) is 0 Å². The predicted octanol–water partition coefficient (Wildman–Crippen LogP) is 3.61. The van der Waals surface area contributed by atoms with Crippen LogP contribution in [0.25, 0.3) is 0 Å². The fraction of sp³-hybridized carbons (Fsp3) is 0.400. The number of thioether (sulfide) groups is 1. The van der Waals surface area contributed by atoms with E-state index in [1.54, 1.807) is 17.8 Å². The van der Waals surface area contributed by atoms with Crippen molar-refractivity contribution in [1.29, 1.82) is 0 Å². The summed E-state index contributed by atoms with van der Waals surface area (Å²) in [5.74, 6) is -0.946. The van der Waals surface area contributed by atoms with Gasteiger partial charge in [0.05, 0.1) is 0 Å². The fourth-order valence-corrected chi connectivity index (χ4v) is 1.65. The van der Waals surface area contributed by atoms with Crippen LogP contribution in [0.5, 0.6) is 0 Å². The van der Waals surface area contributed by atoms with Crippen molar-refractivity contribution < 1.29 is 8.78 Å². The number of rotatable bonds is 3. The number of hydrogen-bond donors (Lipinski definition) is 0. The van der Waals surface area contributed by atoms with Crippen LogP contribution in [0, 0.1) is 11.6 Å². The summed E-state index contributed by atoms with van der Waals surface area (Å²) in [6.45, 7) is 4.06. The molecule has 0 spiro atoms. The van der Waals surface area contributed by atoms with Crippen molar-refractivity contribution in [1.82, 2.24) is 0 Å². The second-order valence-electron chi connectivity index (χ2n) is 3.07. The second-order valence-corrected chi connectivity index (χ2v) is 4.64. The van der Waals surface area contributed by atoms with E-state index in [0.717, 1.165) is 6.07 Å². The number of hydrogen-bond acceptors (Lipinski definition) is 1. The van der Waals surface area contributed by atoms with Gasteiger partial charge in [0.15, 0.2) is 11.6 Å². The molecular weight excluding hydrogens is 190 g/mol. The number of halogens is 2. The molecule has 0 N–H and O–H groups in total. The zero-order valence-electron chi connectivity index (χ0n) is 7.68. The van der Waals surface area contributed by atoms with Crippen LogP contribution in [0.2, 0.25) is 0 Å². The van der Waals surface area contributed by atoms with Crippen LogP contribution < -0.4 is 0 Å². The first-order chi connectivity index (χ1) is 6.11. The van der Waals surface area contributed by atoms with Gasteiger partial charge in [-0.25, -0.2) is 8.78 Å². The molecule has 0 fully saturated rings. The molecule has 0 nitrogen and oxygen atoms in total. The largest absolute Gasteiger partial charge is 0.204 e. The van der Waals surface area contributed by atoms with Gasteiger partial charge in [0.1, 0.15) is 0 Å². The van der Waals surface area contributed by atoms with E-state index < -0.39 is 11.6 Å². The summed E-state index contributed by atoms with van der Waals surface area (Å²) in [7, 11) is 0. The van der Waals surface area contributed by atoms with Crippen molar-refractivity contribution in [3.8, 4) is 0 Å². The van der Waals surface area contributed by atoms with Crippen molar-refractivity contribution in [2.24, 2.45) is 0 Å². The fourth-order valence-electron chi connectivity index (χ4n) is 0.916. The van der Waals surface area contributed by atoms with Crippen LogP contribution in [0.4, 0.5) is 8.78 Å². The minimum atomic E-state index is -0.762. The van der Waals surface area contributed by atoms with Crippen LogP contribution in [-0.2, 0) is 5.75 Å². The van der Waals surface area contributed by atoms with Gasteiger partial charge < -0.3 is 0 Å². The lowest BCUT2D eigenvalue weighted by Gasteiger charge is -2.05. The van der Waals surface area contributed by atoms with E-state index in [1.165, 1.54) is 6.07 Å². The van der Waals surface area contributed by atoms with E-state index in [4.69, 9.17) is 0 Å². The van der Waals surface area contributed by atoms with E-state index in [-0.39, 0.29) is 0 Å². The van der Waals surface area contributed by atoms with Crippen molar-refractivity contribution >= 4 is 11.8 Å². The Balaban J connectivity index is 2.71. The average Bonchev–Trinajstić information content (AvgIpc) is 2.07. The molecule has 0 atom stereocenters. The van der Waals surface area contributed by atoms with Crippen molar-refractivity contribution in [2.45, 2.75) is 24.9 Å². The van der Waals surface area contributed by atoms with Crippen LogP contribution in [-0.4, -0.2) is 5.25 Å². The van der Waals surface area contributed by atoms with Crippen molar-refractivity contribution in [3.05, 3.63) is 35.4 Å². The maximum Gasteiger partial charge on any atom is 0.162 e. The highest BCUT2D eigenvalue weighted by atomic mass is 32.2.